The van der Waals surface area contributed by atoms with Crippen LogP contribution in [0.15, 0.2) is 48.5 Å². The molecule has 0 bridgehead atoms. The molecule has 0 radical (unpaired) electrons. The number of carbonyl (C=O) groups is 2. The average molecular weight is 322 g/mol. The number of hydrogen-bond acceptors (Lipinski definition) is 2. The Hall–Kier alpha value is -2.62. The Balaban J connectivity index is 1.76. The number of para-hydroxylation sites is 1. The number of amides is 2. The lowest BCUT2D eigenvalue weighted by molar-refractivity contribution is 0.0893. The minimum atomic E-state index is -0.379. The molecule has 1 unspecified atom stereocenters. The summed E-state index contributed by atoms with van der Waals surface area (Å²) in [6, 6.07) is 14.5. The van der Waals surface area contributed by atoms with E-state index in [9.17, 15) is 9.59 Å². The van der Waals surface area contributed by atoms with Crippen molar-refractivity contribution in [3.05, 3.63) is 65.2 Å². The fourth-order valence-electron chi connectivity index (χ4n) is 3.09. The molecular weight excluding hydrogens is 300 g/mol. The fraction of sp³-hybridized carbons (Fsp3) is 0.300. The molecule has 0 saturated carbocycles. The molecule has 4 nitrogen and oxygen atoms in total. The summed E-state index contributed by atoms with van der Waals surface area (Å²) in [6.45, 7) is 4.64. The summed E-state index contributed by atoms with van der Waals surface area (Å²) in [7, 11) is 0. The average Bonchev–Trinajstić information content (AvgIpc) is 3.07. The maximum absolute atomic E-state index is 12.9. The molecule has 2 amide bonds. The van der Waals surface area contributed by atoms with Crippen LogP contribution in [0.1, 0.15) is 34.3 Å². The Morgan fingerprint density at radius 2 is 1.79 bits per heavy atom. The lowest BCUT2D eigenvalue weighted by atomic mass is 9.98. The van der Waals surface area contributed by atoms with Crippen LogP contribution in [0, 0.1) is 13.8 Å². The molecule has 1 N–H and O–H groups in total. The zero-order valence-electron chi connectivity index (χ0n) is 14.1. The number of nitrogens with zero attached hydrogens (tertiary/aromatic N) is 1. The molecule has 2 aromatic carbocycles. The number of carbonyl (C=O) groups excluding carboxylic acids is 2. The van der Waals surface area contributed by atoms with Gasteiger partial charge in [-0.3, -0.25) is 4.79 Å². The first-order valence-electron chi connectivity index (χ1n) is 8.30. The van der Waals surface area contributed by atoms with Gasteiger partial charge < -0.3 is 10.2 Å². The van der Waals surface area contributed by atoms with E-state index >= 15 is 0 Å². The predicted molar refractivity (Wildman–Crippen MR) is 95.4 cm³/mol. The van der Waals surface area contributed by atoms with Gasteiger partial charge in [0.25, 0.3) is 0 Å². The molecule has 1 aliphatic rings. The Labute approximate surface area is 142 Å². The van der Waals surface area contributed by atoms with Gasteiger partial charge in [-0.15, -0.1) is 0 Å². The third-order valence-corrected chi connectivity index (χ3v) is 4.63. The Morgan fingerprint density at radius 1 is 1.04 bits per heavy atom. The van der Waals surface area contributed by atoms with E-state index in [2.05, 4.69) is 5.32 Å². The van der Waals surface area contributed by atoms with Crippen molar-refractivity contribution < 1.29 is 9.59 Å². The van der Waals surface area contributed by atoms with Crippen LogP contribution in [0.2, 0.25) is 0 Å². The standard InChI is InChI=1S/C20H22N2O2/c1-14-10-11-16(13-15(14)2)19(23)18-9-6-12-22(18)20(24)21-17-7-4-3-5-8-17/h3-5,7-8,10-11,13,18H,6,9,12H2,1-2H3,(H,21,24). The molecule has 3 rings (SSSR count). The van der Waals surface area contributed by atoms with E-state index in [1.807, 2.05) is 62.4 Å². The van der Waals surface area contributed by atoms with Gasteiger partial charge in [0.05, 0.1) is 6.04 Å². The first-order valence-corrected chi connectivity index (χ1v) is 8.30. The molecular formula is C20H22N2O2. The van der Waals surface area contributed by atoms with Crippen LogP contribution in [0.25, 0.3) is 0 Å². The molecule has 1 atom stereocenters. The van der Waals surface area contributed by atoms with Gasteiger partial charge in [0, 0.05) is 17.8 Å². The number of likely N-dealkylation sites (tertiary alicyclic amines) is 1. The maximum atomic E-state index is 12.9. The molecule has 24 heavy (non-hydrogen) atoms. The van der Waals surface area contributed by atoms with Crippen LogP contribution >= 0.6 is 0 Å². The van der Waals surface area contributed by atoms with E-state index in [0.29, 0.717) is 18.5 Å². The van der Waals surface area contributed by atoms with Crippen molar-refractivity contribution in [2.45, 2.75) is 32.7 Å². The maximum Gasteiger partial charge on any atom is 0.322 e. The number of rotatable bonds is 3. The third kappa shape index (κ3) is 3.32. The van der Waals surface area contributed by atoms with Crippen molar-refractivity contribution in [2.24, 2.45) is 0 Å². The predicted octanol–water partition coefficient (Wildman–Crippen LogP) is 4.18. The van der Waals surface area contributed by atoms with Gasteiger partial charge in [0.2, 0.25) is 0 Å². The lowest BCUT2D eigenvalue weighted by Gasteiger charge is -2.24. The van der Waals surface area contributed by atoms with E-state index in [0.717, 1.165) is 23.2 Å². The molecule has 0 aromatic heterocycles. The molecule has 0 spiro atoms. The Morgan fingerprint density at radius 3 is 2.50 bits per heavy atom. The van der Waals surface area contributed by atoms with Gasteiger partial charge >= 0.3 is 6.03 Å². The highest BCUT2D eigenvalue weighted by Crippen LogP contribution is 2.23. The van der Waals surface area contributed by atoms with Crippen LogP contribution in [0.3, 0.4) is 0 Å². The normalized spacial score (nSPS) is 16.9. The van der Waals surface area contributed by atoms with E-state index in [1.165, 1.54) is 0 Å². The molecule has 0 aliphatic carbocycles. The highest BCUT2D eigenvalue weighted by molar-refractivity contribution is 6.03. The molecule has 2 aromatic rings. The Bertz CT molecular complexity index is 755. The van der Waals surface area contributed by atoms with E-state index in [-0.39, 0.29) is 17.9 Å². The van der Waals surface area contributed by atoms with E-state index in [4.69, 9.17) is 0 Å². The van der Waals surface area contributed by atoms with Crippen LogP contribution < -0.4 is 5.32 Å². The smallest absolute Gasteiger partial charge is 0.314 e. The number of benzene rings is 2. The molecule has 124 valence electrons. The summed E-state index contributed by atoms with van der Waals surface area (Å²) in [5.41, 5.74) is 3.69. The van der Waals surface area contributed by atoms with Gasteiger partial charge in [-0.1, -0.05) is 30.3 Å². The van der Waals surface area contributed by atoms with E-state index < -0.39 is 0 Å². The van der Waals surface area contributed by atoms with Gasteiger partial charge in [0.15, 0.2) is 5.78 Å². The minimum Gasteiger partial charge on any atom is -0.314 e. The minimum absolute atomic E-state index is 0.0267. The van der Waals surface area contributed by atoms with Crippen molar-refractivity contribution in [1.29, 1.82) is 0 Å². The Kier molecular flexibility index (Phi) is 4.65. The highest BCUT2D eigenvalue weighted by Gasteiger charge is 2.34. The SMILES string of the molecule is Cc1ccc(C(=O)C2CCCN2C(=O)Nc2ccccc2)cc1C. The molecule has 4 heteroatoms. The fourth-order valence-corrected chi connectivity index (χ4v) is 3.09. The molecule has 1 heterocycles. The second-order valence-corrected chi connectivity index (χ2v) is 6.31. The number of hydrogen-bond donors (Lipinski definition) is 1. The summed E-state index contributed by atoms with van der Waals surface area (Å²) in [5.74, 6) is 0.0267. The number of anilines is 1. The number of nitrogens with one attached hydrogen (secondary N) is 1. The molecule has 1 saturated heterocycles. The van der Waals surface area contributed by atoms with Crippen LogP contribution in [0.4, 0.5) is 10.5 Å². The van der Waals surface area contributed by atoms with Crippen LogP contribution in [-0.2, 0) is 0 Å². The van der Waals surface area contributed by atoms with Gasteiger partial charge in [-0.2, -0.15) is 0 Å². The molecule has 1 aliphatic heterocycles. The largest absolute Gasteiger partial charge is 0.322 e. The number of urea groups is 1. The number of Topliss-reactive ketones (excluding diaryl/α,β-unsaturated/α-hetero) is 1. The second kappa shape index (κ2) is 6.87. The number of aryl methyl sites for hydroxylation is 2. The second-order valence-electron chi connectivity index (χ2n) is 6.31. The first kappa shape index (κ1) is 16.2. The highest BCUT2D eigenvalue weighted by atomic mass is 16.2. The summed E-state index contributed by atoms with van der Waals surface area (Å²) in [4.78, 5) is 27.1. The van der Waals surface area contributed by atoms with Crippen LogP contribution in [-0.4, -0.2) is 29.3 Å². The monoisotopic (exact) mass is 322 g/mol. The third-order valence-electron chi connectivity index (χ3n) is 4.63. The topological polar surface area (TPSA) is 49.4 Å². The molecule has 1 fully saturated rings. The first-order chi connectivity index (χ1) is 11.6. The summed E-state index contributed by atoms with van der Waals surface area (Å²) < 4.78 is 0. The zero-order chi connectivity index (χ0) is 17.1. The van der Waals surface area contributed by atoms with Crippen molar-refractivity contribution in [1.82, 2.24) is 4.90 Å². The van der Waals surface area contributed by atoms with Crippen LogP contribution in [0.5, 0.6) is 0 Å². The summed E-state index contributed by atoms with van der Waals surface area (Å²) in [5, 5.41) is 2.88. The van der Waals surface area contributed by atoms with Crippen molar-refractivity contribution in [3.63, 3.8) is 0 Å². The lowest BCUT2D eigenvalue weighted by Crippen LogP contribution is -2.42. The van der Waals surface area contributed by atoms with Crippen molar-refractivity contribution in [2.75, 3.05) is 11.9 Å². The van der Waals surface area contributed by atoms with E-state index in [1.54, 1.807) is 4.90 Å². The van der Waals surface area contributed by atoms with Crippen molar-refractivity contribution in [3.8, 4) is 0 Å². The van der Waals surface area contributed by atoms with Crippen molar-refractivity contribution >= 4 is 17.5 Å². The zero-order valence-corrected chi connectivity index (χ0v) is 14.1. The summed E-state index contributed by atoms with van der Waals surface area (Å²) in [6.07, 6.45) is 1.57. The van der Waals surface area contributed by atoms with Gasteiger partial charge in [-0.25, -0.2) is 4.79 Å². The number of ketones is 1. The van der Waals surface area contributed by atoms with Gasteiger partial charge in [-0.05, 0) is 56.0 Å². The van der Waals surface area contributed by atoms with Gasteiger partial charge in [0.1, 0.15) is 0 Å². The summed E-state index contributed by atoms with van der Waals surface area (Å²) >= 11 is 0. The quantitative estimate of drug-likeness (QED) is 0.862.